The minimum absolute atomic E-state index is 0.326. The second-order valence-corrected chi connectivity index (χ2v) is 3.53. The molecule has 2 aromatic rings. The summed E-state index contributed by atoms with van der Waals surface area (Å²) in [4.78, 5) is 15.3. The molecule has 1 aromatic carbocycles. The fourth-order valence-electron chi connectivity index (χ4n) is 1.42. The molecule has 18 heavy (non-hydrogen) atoms. The van der Waals surface area contributed by atoms with Crippen molar-refractivity contribution < 1.29 is 14.3 Å². The first-order valence-corrected chi connectivity index (χ1v) is 5.64. The first-order valence-electron chi connectivity index (χ1n) is 5.64. The van der Waals surface area contributed by atoms with E-state index in [0.717, 1.165) is 0 Å². The summed E-state index contributed by atoms with van der Waals surface area (Å²) in [5.74, 6) is 1.04. The first-order chi connectivity index (χ1) is 8.79. The van der Waals surface area contributed by atoms with Crippen LogP contribution in [-0.2, 0) is 4.74 Å². The van der Waals surface area contributed by atoms with Gasteiger partial charge in [-0.05, 0) is 43.3 Å². The number of rotatable bonds is 4. The van der Waals surface area contributed by atoms with E-state index in [1.807, 2.05) is 0 Å². The van der Waals surface area contributed by atoms with E-state index >= 15 is 0 Å². The highest BCUT2D eigenvalue weighted by Gasteiger charge is 2.06. The smallest absolute Gasteiger partial charge is 0.338 e. The Morgan fingerprint density at radius 2 is 1.67 bits per heavy atom. The molecule has 0 saturated carbocycles. The second kappa shape index (κ2) is 5.82. The van der Waals surface area contributed by atoms with Crippen molar-refractivity contribution in [3.8, 4) is 11.5 Å². The summed E-state index contributed by atoms with van der Waals surface area (Å²) >= 11 is 0. The van der Waals surface area contributed by atoms with Gasteiger partial charge >= 0.3 is 5.97 Å². The highest BCUT2D eigenvalue weighted by molar-refractivity contribution is 5.89. The molecule has 1 aromatic heterocycles. The third-order valence-corrected chi connectivity index (χ3v) is 2.25. The number of esters is 1. The molecule has 0 unspecified atom stereocenters. The molecule has 0 saturated heterocycles. The Labute approximate surface area is 105 Å². The van der Waals surface area contributed by atoms with E-state index in [4.69, 9.17) is 9.47 Å². The van der Waals surface area contributed by atoms with Crippen molar-refractivity contribution in [2.45, 2.75) is 6.92 Å². The molecule has 0 amide bonds. The van der Waals surface area contributed by atoms with Gasteiger partial charge in [-0.25, -0.2) is 4.79 Å². The van der Waals surface area contributed by atoms with Crippen LogP contribution in [0.1, 0.15) is 17.3 Å². The fourth-order valence-corrected chi connectivity index (χ4v) is 1.42. The van der Waals surface area contributed by atoms with Crippen molar-refractivity contribution in [2.24, 2.45) is 0 Å². The maximum atomic E-state index is 11.4. The summed E-state index contributed by atoms with van der Waals surface area (Å²) in [7, 11) is 0. The van der Waals surface area contributed by atoms with Gasteiger partial charge < -0.3 is 9.47 Å². The molecule has 0 fully saturated rings. The molecule has 0 bridgehead atoms. The fraction of sp³-hybridized carbons (Fsp3) is 0.143. The summed E-state index contributed by atoms with van der Waals surface area (Å²) in [6, 6.07) is 10.3. The van der Waals surface area contributed by atoms with Gasteiger partial charge in [0.2, 0.25) is 0 Å². The molecule has 0 aliphatic carbocycles. The quantitative estimate of drug-likeness (QED) is 0.774. The molecule has 0 aliphatic rings. The molecular formula is C14H13NO3. The van der Waals surface area contributed by atoms with E-state index in [2.05, 4.69) is 4.98 Å². The molecule has 1 heterocycles. The minimum atomic E-state index is -0.326. The Morgan fingerprint density at radius 1 is 1.06 bits per heavy atom. The number of carbonyl (C=O) groups is 1. The monoisotopic (exact) mass is 243 g/mol. The van der Waals surface area contributed by atoms with Gasteiger partial charge in [-0.1, -0.05) is 0 Å². The van der Waals surface area contributed by atoms with Gasteiger partial charge in [0, 0.05) is 12.4 Å². The van der Waals surface area contributed by atoms with Crippen molar-refractivity contribution in [1.29, 1.82) is 0 Å². The minimum Gasteiger partial charge on any atom is -0.462 e. The van der Waals surface area contributed by atoms with Crippen LogP contribution in [0.25, 0.3) is 0 Å². The summed E-state index contributed by atoms with van der Waals surface area (Å²) in [5.41, 5.74) is 0.513. The molecule has 4 nitrogen and oxygen atoms in total. The largest absolute Gasteiger partial charge is 0.462 e. The second-order valence-electron chi connectivity index (χ2n) is 3.53. The molecule has 0 spiro atoms. The number of carbonyl (C=O) groups excluding carboxylic acids is 1. The highest BCUT2D eigenvalue weighted by atomic mass is 16.5. The van der Waals surface area contributed by atoms with Crippen molar-refractivity contribution in [3.05, 3.63) is 54.4 Å². The first kappa shape index (κ1) is 12.1. The zero-order valence-electron chi connectivity index (χ0n) is 10.00. The van der Waals surface area contributed by atoms with E-state index in [0.29, 0.717) is 23.7 Å². The lowest BCUT2D eigenvalue weighted by Gasteiger charge is -2.06. The summed E-state index contributed by atoms with van der Waals surface area (Å²) in [6.45, 7) is 2.15. The molecule has 4 heteroatoms. The van der Waals surface area contributed by atoms with Crippen LogP contribution in [0, 0.1) is 0 Å². The van der Waals surface area contributed by atoms with Gasteiger partial charge in [-0.15, -0.1) is 0 Å². The third-order valence-electron chi connectivity index (χ3n) is 2.25. The summed E-state index contributed by atoms with van der Waals surface area (Å²) < 4.78 is 10.5. The normalized spacial score (nSPS) is 9.83. The Kier molecular flexibility index (Phi) is 3.91. The molecule has 0 aliphatic heterocycles. The number of hydrogen-bond donors (Lipinski definition) is 0. The lowest BCUT2D eigenvalue weighted by Crippen LogP contribution is -2.03. The van der Waals surface area contributed by atoms with E-state index < -0.39 is 0 Å². The van der Waals surface area contributed by atoms with E-state index in [1.54, 1.807) is 55.7 Å². The average Bonchev–Trinajstić information content (AvgIpc) is 2.41. The van der Waals surface area contributed by atoms with Crippen LogP contribution < -0.4 is 4.74 Å². The van der Waals surface area contributed by atoms with Crippen molar-refractivity contribution in [1.82, 2.24) is 4.98 Å². The topological polar surface area (TPSA) is 48.4 Å². The van der Waals surface area contributed by atoms with Gasteiger partial charge in [0.25, 0.3) is 0 Å². The van der Waals surface area contributed by atoms with Gasteiger partial charge in [0.1, 0.15) is 11.5 Å². The molecule has 0 N–H and O–H groups in total. The lowest BCUT2D eigenvalue weighted by atomic mass is 10.2. The van der Waals surface area contributed by atoms with Gasteiger partial charge in [-0.2, -0.15) is 0 Å². The maximum Gasteiger partial charge on any atom is 0.338 e. The standard InChI is InChI=1S/C14H13NO3/c1-2-17-14(16)11-3-5-12(6-4-11)18-13-7-9-15-10-8-13/h3-10H,2H2,1H3. The van der Waals surface area contributed by atoms with E-state index in [9.17, 15) is 4.79 Å². The van der Waals surface area contributed by atoms with Crippen molar-refractivity contribution in [2.75, 3.05) is 6.61 Å². The van der Waals surface area contributed by atoms with E-state index in [1.165, 1.54) is 0 Å². The predicted octanol–water partition coefficient (Wildman–Crippen LogP) is 3.05. The SMILES string of the molecule is CCOC(=O)c1ccc(Oc2ccncc2)cc1. The van der Waals surface area contributed by atoms with Crippen LogP contribution in [0.15, 0.2) is 48.8 Å². The zero-order chi connectivity index (χ0) is 12.8. The Bertz CT molecular complexity index is 508. The van der Waals surface area contributed by atoms with E-state index in [-0.39, 0.29) is 5.97 Å². The molecule has 0 radical (unpaired) electrons. The third kappa shape index (κ3) is 3.07. The molecule has 92 valence electrons. The average molecular weight is 243 g/mol. The van der Waals surface area contributed by atoms with Gasteiger partial charge in [0.15, 0.2) is 0 Å². The number of pyridine rings is 1. The van der Waals surface area contributed by atoms with Crippen molar-refractivity contribution in [3.63, 3.8) is 0 Å². The summed E-state index contributed by atoms with van der Waals surface area (Å²) in [6.07, 6.45) is 3.31. The highest BCUT2D eigenvalue weighted by Crippen LogP contribution is 2.20. The van der Waals surface area contributed by atoms with Crippen LogP contribution in [0.5, 0.6) is 11.5 Å². The number of hydrogen-bond acceptors (Lipinski definition) is 4. The van der Waals surface area contributed by atoms with Crippen molar-refractivity contribution >= 4 is 5.97 Å². The van der Waals surface area contributed by atoms with Crippen LogP contribution in [-0.4, -0.2) is 17.6 Å². The number of ether oxygens (including phenoxy) is 2. The van der Waals surface area contributed by atoms with Gasteiger partial charge in [-0.3, -0.25) is 4.98 Å². The van der Waals surface area contributed by atoms with Crippen LogP contribution in [0.4, 0.5) is 0 Å². The summed E-state index contributed by atoms with van der Waals surface area (Å²) in [5, 5.41) is 0. The predicted molar refractivity (Wildman–Crippen MR) is 66.7 cm³/mol. The van der Waals surface area contributed by atoms with Crippen LogP contribution in [0.3, 0.4) is 0 Å². The Balaban J connectivity index is 2.06. The van der Waals surface area contributed by atoms with Gasteiger partial charge in [0.05, 0.1) is 12.2 Å². The zero-order valence-corrected chi connectivity index (χ0v) is 10.00. The maximum absolute atomic E-state index is 11.4. The molecular weight excluding hydrogens is 230 g/mol. The number of aromatic nitrogens is 1. The number of benzene rings is 1. The molecule has 0 atom stereocenters. The Hall–Kier alpha value is -2.36. The van der Waals surface area contributed by atoms with Crippen LogP contribution in [0.2, 0.25) is 0 Å². The Morgan fingerprint density at radius 3 is 2.28 bits per heavy atom. The number of nitrogens with zero attached hydrogens (tertiary/aromatic N) is 1. The molecule has 2 rings (SSSR count). The lowest BCUT2D eigenvalue weighted by molar-refractivity contribution is 0.0526. The van der Waals surface area contributed by atoms with Crippen LogP contribution >= 0.6 is 0 Å².